The molecular formula is C23H27N7O. The summed E-state index contributed by atoms with van der Waals surface area (Å²) in [5.74, 6) is 1.05. The molecule has 1 aliphatic heterocycles. The minimum absolute atomic E-state index is 0. The molecule has 3 atom stereocenters. The molecule has 1 amide bonds. The highest BCUT2D eigenvalue weighted by molar-refractivity contribution is 5.97. The molecule has 2 aromatic carbocycles. The maximum atomic E-state index is 13.5. The molecule has 2 aromatic heterocycles. The first-order valence-electron chi connectivity index (χ1n) is 10.7. The van der Waals surface area contributed by atoms with Crippen molar-refractivity contribution in [2.75, 3.05) is 6.54 Å². The average molecular weight is 418 g/mol. The highest BCUT2D eigenvalue weighted by Gasteiger charge is 2.49. The molecule has 2 N–H and O–H groups in total. The fourth-order valence-electron chi connectivity index (χ4n) is 5.53. The number of nitrogens with one attached hydrogen (secondary N) is 2. The van der Waals surface area contributed by atoms with Gasteiger partial charge in [-0.1, -0.05) is 26.0 Å². The Labute approximate surface area is 182 Å². The van der Waals surface area contributed by atoms with Gasteiger partial charge in [-0.2, -0.15) is 5.21 Å². The minimum atomic E-state index is 0. The summed E-state index contributed by atoms with van der Waals surface area (Å²) in [4.78, 5) is 23.0. The van der Waals surface area contributed by atoms with Gasteiger partial charge in [0.1, 0.15) is 0 Å². The van der Waals surface area contributed by atoms with Crippen molar-refractivity contribution in [3.63, 3.8) is 0 Å². The predicted molar refractivity (Wildman–Crippen MR) is 120 cm³/mol. The van der Waals surface area contributed by atoms with Crippen molar-refractivity contribution < 1.29 is 7.65 Å². The second-order valence-electron chi connectivity index (χ2n) is 8.97. The van der Waals surface area contributed by atoms with E-state index in [1.165, 1.54) is 11.1 Å². The van der Waals surface area contributed by atoms with Gasteiger partial charge in [0.15, 0.2) is 0 Å². The van der Waals surface area contributed by atoms with Crippen molar-refractivity contribution >= 4 is 16.9 Å². The summed E-state index contributed by atoms with van der Waals surface area (Å²) >= 11 is 0. The van der Waals surface area contributed by atoms with E-state index >= 15 is 0 Å². The zero-order valence-corrected chi connectivity index (χ0v) is 17.5. The van der Waals surface area contributed by atoms with Crippen molar-refractivity contribution in [1.82, 2.24) is 35.5 Å². The second kappa shape index (κ2) is 6.47. The summed E-state index contributed by atoms with van der Waals surface area (Å²) in [5.41, 5.74) is 6.12. The highest BCUT2D eigenvalue weighted by atomic mass is 16.2. The van der Waals surface area contributed by atoms with Crippen molar-refractivity contribution in [2.45, 2.75) is 38.1 Å². The van der Waals surface area contributed by atoms with Gasteiger partial charge in [0.25, 0.3) is 5.91 Å². The Balaban J connectivity index is 0.00000130. The predicted octanol–water partition coefficient (Wildman–Crippen LogP) is 3.60. The lowest BCUT2D eigenvalue weighted by molar-refractivity contribution is 0.0251. The molecule has 1 aliphatic carbocycles. The van der Waals surface area contributed by atoms with Crippen molar-refractivity contribution in [3.05, 3.63) is 59.4 Å². The van der Waals surface area contributed by atoms with Crippen LogP contribution in [-0.2, 0) is 11.8 Å². The monoisotopic (exact) mass is 417 g/mol. The molecule has 0 unspecified atom stereocenters. The highest BCUT2D eigenvalue weighted by Crippen LogP contribution is 2.49. The van der Waals surface area contributed by atoms with Gasteiger partial charge in [0, 0.05) is 26.6 Å². The molecular weight excluding hydrogens is 390 g/mol. The van der Waals surface area contributed by atoms with Gasteiger partial charge in [0.2, 0.25) is 5.82 Å². The third-order valence-electron chi connectivity index (χ3n) is 7.54. The third kappa shape index (κ3) is 2.64. The number of carbonyl (C=O) groups is 1. The van der Waals surface area contributed by atoms with Crippen LogP contribution in [0.1, 0.15) is 44.6 Å². The Hall–Kier alpha value is -3.55. The van der Waals surface area contributed by atoms with E-state index in [-0.39, 0.29) is 20.2 Å². The van der Waals surface area contributed by atoms with E-state index in [1.54, 1.807) is 6.33 Å². The van der Waals surface area contributed by atoms with E-state index in [1.807, 2.05) is 18.2 Å². The van der Waals surface area contributed by atoms with Crippen LogP contribution in [0.5, 0.6) is 0 Å². The van der Waals surface area contributed by atoms with E-state index in [9.17, 15) is 4.79 Å². The number of piperidine rings is 1. The number of amides is 1. The number of imidazole rings is 1. The SMILES string of the molecule is C[C@@H]1[C@H]2Cc3ccc(-c4nn[nH]n4)cc3[C@]1(C)CCN2C(=O)c1ccc2nc[nH]c2c1.[HH].[HH]. The molecule has 4 aromatic rings. The summed E-state index contributed by atoms with van der Waals surface area (Å²) in [6.07, 6.45) is 3.44. The largest absolute Gasteiger partial charge is 0.345 e. The minimum Gasteiger partial charge on any atom is -0.345 e. The topological polar surface area (TPSA) is 103 Å². The molecule has 1 saturated heterocycles. The van der Waals surface area contributed by atoms with Gasteiger partial charge in [-0.05, 0) is 64.8 Å². The van der Waals surface area contributed by atoms with Crippen LogP contribution >= 0.6 is 0 Å². The molecule has 1 fully saturated rings. The second-order valence-corrected chi connectivity index (χ2v) is 8.97. The van der Waals surface area contributed by atoms with Crippen molar-refractivity contribution in [3.8, 4) is 11.4 Å². The number of hydrogen-bond acceptors (Lipinski definition) is 5. The van der Waals surface area contributed by atoms with E-state index < -0.39 is 0 Å². The molecule has 2 aliphatic rings. The average Bonchev–Trinajstić information content (AvgIpc) is 3.47. The molecule has 0 spiro atoms. The fourth-order valence-corrected chi connectivity index (χ4v) is 5.53. The summed E-state index contributed by atoms with van der Waals surface area (Å²) in [7, 11) is 0. The number of likely N-dealkylation sites (tertiary alicyclic amines) is 1. The molecule has 31 heavy (non-hydrogen) atoms. The van der Waals surface area contributed by atoms with E-state index in [0.717, 1.165) is 36.0 Å². The molecule has 8 heteroatoms. The summed E-state index contributed by atoms with van der Waals surface area (Å²) in [6, 6.07) is 12.3. The lowest BCUT2D eigenvalue weighted by atomic mass is 9.58. The van der Waals surface area contributed by atoms with Crippen LogP contribution in [-0.4, -0.2) is 54.0 Å². The quantitative estimate of drug-likeness (QED) is 0.519. The number of benzene rings is 2. The van der Waals surface area contributed by atoms with Crippen LogP contribution in [0.3, 0.4) is 0 Å². The summed E-state index contributed by atoms with van der Waals surface area (Å²) in [6.45, 7) is 5.37. The lowest BCUT2D eigenvalue weighted by Gasteiger charge is -2.54. The molecule has 8 nitrogen and oxygen atoms in total. The number of H-pyrrole nitrogens is 2. The Morgan fingerprint density at radius 1 is 1.26 bits per heavy atom. The maximum absolute atomic E-state index is 13.5. The molecule has 0 radical (unpaired) electrons. The number of nitrogens with zero attached hydrogens (tertiary/aromatic N) is 5. The molecule has 2 bridgehead atoms. The fraction of sp³-hybridized carbons (Fsp3) is 0.348. The summed E-state index contributed by atoms with van der Waals surface area (Å²) < 4.78 is 0. The molecule has 0 saturated carbocycles. The van der Waals surface area contributed by atoms with Crippen LogP contribution < -0.4 is 0 Å². The number of hydrogen-bond donors (Lipinski definition) is 2. The Kier molecular flexibility index (Phi) is 3.81. The number of aromatic nitrogens is 6. The Morgan fingerprint density at radius 2 is 2.16 bits per heavy atom. The first-order valence-corrected chi connectivity index (χ1v) is 10.7. The number of tetrazole rings is 1. The van der Waals surface area contributed by atoms with E-state index in [0.29, 0.717) is 17.3 Å². The van der Waals surface area contributed by atoms with Gasteiger partial charge >= 0.3 is 0 Å². The zero-order valence-electron chi connectivity index (χ0n) is 17.5. The molecule has 6 rings (SSSR count). The van der Waals surface area contributed by atoms with E-state index in [4.69, 9.17) is 0 Å². The first kappa shape index (κ1) is 18.2. The number of rotatable bonds is 2. The Morgan fingerprint density at radius 3 is 3.00 bits per heavy atom. The smallest absolute Gasteiger partial charge is 0.254 e. The van der Waals surface area contributed by atoms with Crippen LogP contribution in [0.2, 0.25) is 0 Å². The van der Waals surface area contributed by atoms with Gasteiger partial charge in [0.05, 0.1) is 17.4 Å². The number of aromatic amines is 2. The Bertz CT molecular complexity index is 1310. The van der Waals surface area contributed by atoms with Crippen molar-refractivity contribution in [1.29, 1.82) is 0 Å². The number of carbonyl (C=O) groups excluding carboxylic acids is 1. The van der Waals surface area contributed by atoms with Gasteiger partial charge < -0.3 is 9.88 Å². The van der Waals surface area contributed by atoms with E-state index in [2.05, 4.69) is 67.5 Å². The van der Waals surface area contributed by atoms with Gasteiger partial charge in [-0.25, -0.2) is 4.98 Å². The van der Waals surface area contributed by atoms with Gasteiger partial charge in [-0.3, -0.25) is 4.79 Å². The van der Waals surface area contributed by atoms with Crippen LogP contribution in [0.25, 0.3) is 22.4 Å². The van der Waals surface area contributed by atoms with Crippen LogP contribution in [0, 0.1) is 5.92 Å². The normalized spacial score (nSPS) is 24.9. The zero-order chi connectivity index (χ0) is 21.2. The first-order chi connectivity index (χ1) is 15.0. The maximum Gasteiger partial charge on any atom is 0.254 e. The lowest BCUT2D eigenvalue weighted by Crippen LogP contribution is -2.59. The molecule has 3 heterocycles. The van der Waals surface area contributed by atoms with Gasteiger partial charge in [-0.15, -0.1) is 10.2 Å². The standard InChI is InChI=1S/C23H23N7O.2H2/c1-13-20-11-14-3-4-15(21-26-28-29-27-21)9-17(14)23(13,2)7-8-30(20)22(31)16-5-6-18-19(10-16)25-12-24-18;;/h3-6,9-10,12-13,20H,7-8,11H2,1-2H3,(H,24,25)(H,26,27,28,29);2*1H/t13-,20-,23-;;/m1../s1. The van der Waals surface area contributed by atoms with Crippen LogP contribution in [0.4, 0.5) is 0 Å². The molecule has 160 valence electrons. The summed E-state index contributed by atoms with van der Waals surface area (Å²) in [5, 5.41) is 14.5. The van der Waals surface area contributed by atoms with Crippen LogP contribution in [0.15, 0.2) is 42.7 Å². The van der Waals surface area contributed by atoms with Crippen molar-refractivity contribution in [2.24, 2.45) is 5.92 Å². The number of fused-ring (bicyclic) bond motifs is 5. The third-order valence-corrected chi connectivity index (χ3v) is 7.54.